The lowest BCUT2D eigenvalue weighted by molar-refractivity contribution is 0.131. The summed E-state index contributed by atoms with van der Waals surface area (Å²) in [6.45, 7) is 5.91. The van der Waals surface area contributed by atoms with E-state index >= 15 is 0 Å². The fourth-order valence-corrected chi connectivity index (χ4v) is 3.37. The molecule has 0 saturated carbocycles. The van der Waals surface area contributed by atoms with Gasteiger partial charge in [-0.1, -0.05) is 44.2 Å². The number of sulfonamides is 1. The van der Waals surface area contributed by atoms with E-state index in [9.17, 15) is 13.5 Å². The van der Waals surface area contributed by atoms with E-state index in [2.05, 4.69) is 4.72 Å². The van der Waals surface area contributed by atoms with E-state index in [0.717, 1.165) is 5.56 Å². The van der Waals surface area contributed by atoms with Crippen LogP contribution < -0.4 is 4.72 Å². The van der Waals surface area contributed by atoms with E-state index in [4.69, 9.17) is 0 Å². The van der Waals surface area contributed by atoms with Gasteiger partial charge in [0.05, 0.1) is 11.9 Å². The summed E-state index contributed by atoms with van der Waals surface area (Å²) in [5.41, 5.74) is 0.501. The van der Waals surface area contributed by atoms with E-state index in [1.54, 1.807) is 19.1 Å². The summed E-state index contributed by atoms with van der Waals surface area (Å²) in [6.07, 6.45) is 0.120. The third-order valence-electron chi connectivity index (χ3n) is 2.82. The number of rotatable bonds is 7. The molecule has 0 heterocycles. The summed E-state index contributed by atoms with van der Waals surface area (Å²) in [7, 11) is -3.34. The van der Waals surface area contributed by atoms with Crippen LogP contribution in [-0.2, 0) is 15.8 Å². The van der Waals surface area contributed by atoms with Gasteiger partial charge in [-0.25, -0.2) is 13.1 Å². The molecule has 0 aliphatic rings. The van der Waals surface area contributed by atoms with Gasteiger partial charge in [-0.3, -0.25) is 0 Å². The lowest BCUT2D eigenvalue weighted by Gasteiger charge is -2.26. The Balaban J connectivity index is 2.56. The molecule has 0 aromatic heterocycles. The molecule has 1 atom stereocenters. The number of aliphatic hydroxyl groups is 1. The molecule has 19 heavy (non-hydrogen) atoms. The fraction of sp³-hybridized carbons (Fsp3) is 0.571. The van der Waals surface area contributed by atoms with Gasteiger partial charge in [0.2, 0.25) is 10.0 Å². The Morgan fingerprint density at radius 3 is 2.37 bits per heavy atom. The summed E-state index contributed by atoms with van der Waals surface area (Å²) in [5, 5.41) is 9.38. The molecular formula is C14H23NO3S. The molecular weight excluding hydrogens is 262 g/mol. The van der Waals surface area contributed by atoms with Gasteiger partial charge in [0.15, 0.2) is 0 Å². The number of benzene rings is 1. The monoisotopic (exact) mass is 285 g/mol. The third kappa shape index (κ3) is 6.71. The molecule has 0 fully saturated rings. The van der Waals surface area contributed by atoms with Crippen molar-refractivity contribution in [1.82, 2.24) is 4.72 Å². The second-order valence-corrected chi connectivity index (χ2v) is 7.59. The van der Waals surface area contributed by atoms with Crippen LogP contribution >= 0.6 is 0 Å². The molecule has 0 amide bonds. The molecule has 0 radical (unpaired) electrons. The molecule has 0 saturated heterocycles. The van der Waals surface area contributed by atoms with Gasteiger partial charge in [0.25, 0.3) is 0 Å². The van der Waals surface area contributed by atoms with Gasteiger partial charge >= 0.3 is 0 Å². The smallest absolute Gasteiger partial charge is 0.215 e. The molecule has 108 valence electrons. The van der Waals surface area contributed by atoms with Crippen molar-refractivity contribution >= 4 is 10.0 Å². The molecule has 0 spiro atoms. The third-order valence-corrected chi connectivity index (χ3v) is 4.12. The lowest BCUT2D eigenvalue weighted by Crippen LogP contribution is -2.36. The van der Waals surface area contributed by atoms with Gasteiger partial charge in [-0.05, 0) is 24.3 Å². The molecule has 4 nitrogen and oxygen atoms in total. The second-order valence-electron chi connectivity index (χ2n) is 5.78. The van der Waals surface area contributed by atoms with Crippen molar-refractivity contribution < 1.29 is 13.5 Å². The Hall–Kier alpha value is -0.910. The van der Waals surface area contributed by atoms with Crippen LogP contribution in [0.15, 0.2) is 30.3 Å². The summed E-state index contributed by atoms with van der Waals surface area (Å²) in [4.78, 5) is 0. The predicted molar refractivity (Wildman–Crippen MR) is 77.1 cm³/mol. The van der Waals surface area contributed by atoms with Crippen LogP contribution in [0.3, 0.4) is 0 Å². The van der Waals surface area contributed by atoms with Crippen LogP contribution in [0.1, 0.15) is 32.8 Å². The summed E-state index contributed by atoms with van der Waals surface area (Å²) < 4.78 is 26.5. The Morgan fingerprint density at radius 1 is 1.26 bits per heavy atom. The van der Waals surface area contributed by atoms with E-state index in [-0.39, 0.29) is 11.2 Å². The average Bonchev–Trinajstić information content (AvgIpc) is 2.26. The Bertz CT molecular complexity index is 481. The minimum absolute atomic E-state index is 0.0153. The standard InChI is InChI=1S/C14H23NO3S/c1-12(16)9-14(2,3)11-15-19(17,18)10-13-7-5-4-6-8-13/h4-8,12,15-16H,9-11H2,1-3H3. The highest BCUT2D eigenvalue weighted by atomic mass is 32.2. The van der Waals surface area contributed by atoms with Crippen LogP contribution in [0.5, 0.6) is 0 Å². The molecule has 1 unspecified atom stereocenters. The molecule has 0 aliphatic carbocycles. The van der Waals surface area contributed by atoms with Gasteiger partial charge in [0.1, 0.15) is 0 Å². The largest absolute Gasteiger partial charge is 0.393 e. The van der Waals surface area contributed by atoms with Crippen molar-refractivity contribution in [2.75, 3.05) is 6.54 Å². The maximum Gasteiger partial charge on any atom is 0.215 e. The first-order valence-electron chi connectivity index (χ1n) is 6.39. The van der Waals surface area contributed by atoms with Crippen molar-refractivity contribution in [3.8, 4) is 0 Å². The van der Waals surface area contributed by atoms with E-state index in [0.29, 0.717) is 13.0 Å². The Labute approximate surface area is 115 Å². The maximum atomic E-state index is 12.0. The number of hydrogen-bond acceptors (Lipinski definition) is 3. The van der Waals surface area contributed by atoms with E-state index < -0.39 is 16.1 Å². The van der Waals surface area contributed by atoms with Crippen LogP contribution in [0.2, 0.25) is 0 Å². The fourth-order valence-electron chi connectivity index (χ4n) is 2.02. The molecule has 0 aliphatic heterocycles. The highest BCUT2D eigenvalue weighted by Crippen LogP contribution is 2.21. The Morgan fingerprint density at radius 2 is 1.84 bits per heavy atom. The van der Waals surface area contributed by atoms with E-state index in [1.807, 2.05) is 32.0 Å². The quantitative estimate of drug-likeness (QED) is 0.804. The highest BCUT2D eigenvalue weighted by Gasteiger charge is 2.23. The topological polar surface area (TPSA) is 66.4 Å². The van der Waals surface area contributed by atoms with Crippen LogP contribution in [0.4, 0.5) is 0 Å². The molecule has 0 bridgehead atoms. The second kappa shape index (κ2) is 6.50. The minimum Gasteiger partial charge on any atom is -0.393 e. The predicted octanol–water partition coefficient (Wildman–Crippen LogP) is 1.90. The number of hydrogen-bond donors (Lipinski definition) is 2. The Kier molecular flexibility index (Phi) is 5.52. The average molecular weight is 285 g/mol. The minimum atomic E-state index is -3.34. The summed E-state index contributed by atoms with van der Waals surface area (Å²) in [5.74, 6) is -0.0153. The number of aliphatic hydroxyl groups excluding tert-OH is 1. The van der Waals surface area contributed by atoms with Crippen LogP contribution in [0.25, 0.3) is 0 Å². The molecule has 1 rings (SSSR count). The molecule has 1 aromatic carbocycles. The van der Waals surface area contributed by atoms with Gasteiger partial charge < -0.3 is 5.11 Å². The van der Waals surface area contributed by atoms with Crippen LogP contribution in [-0.4, -0.2) is 26.2 Å². The van der Waals surface area contributed by atoms with Crippen molar-refractivity contribution in [1.29, 1.82) is 0 Å². The zero-order chi connectivity index (χ0) is 14.5. The van der Waals surface area contributed by atoms with Gasteiger partial charge in [-0.15, -0.1) is 0 Å². The van der Waals surface area contributed by atoms with Crippen molar-refractivity contribution in [3.05, 3.63) is 35.9 Å². The molecule has 2 N–H and O–H groups in total. The van der Waals surface area contributed by atoms with Crippen molar-refractivity contribution in [3.63, 3.8) is 0 Å². The normalized spacial score (nSPS) is 14.3. The first-order valence-corrected chi connectivity index (χ1v) is 8.05. The molecule has 5 heteroatoms. The van der Waals surface area contributed by atoms with Crippen LogP contribution in [0, 0.1) is 5.41 Å². The van der Waals surface area contributed by atoms with Gasteiger partial charge in [0, 0.05) is 6.54 Å². The lowest BCUT2D eigenvalue weighted by atomic mass is 9.87. The summed E-state index contributed by atoms with van der Waals surface area (Å²) in [6, 6.07) is 9.08. The zero-order valence-electron chi connectivity index (χ0n) is 11.8. The van der Waals surface area contributed by atoms with E-state index in [1.165, 1.54) is 0 Å². The zero-order valence-corrected chi connectivity index (χ0v) is 12.6. The van der Waals surface area contributed by atoms with Crippen molar-refractivity contribution in [2.45, 2.75) is 39.0 Å². The van der Waals surface area contributed by atoms with Gasteiger partial charge in [-0.2, -0.15) is 0 Å². The molecule has 1 aromatic rings. The highest BCUT2D eigenvalue weighted by molar-refractivity contribution is 7.88. The maximum absolute atomic E-state index is 12.0. The first kappa shape index (κ1) is 16.1. The van der Waals surface area contributed by atoms with Crippen molar-refractivity contribution in [2.24, 2.45) is 5.41 Å². The first-order chi connectivity index (χ1) is 8.70. The summed E-state index contributed by atoms with van der Waals surface area (Å²) >= 11 is 0. The number of nitrogens with one attached hydrogen (secondary N) is 1. The SMILES string of the molecule is CC(O)CC(C)(C)CNS(=O)(=O)Cc1ccccc1.